The number of aromatic nitrogens is 2. The molecule has 0 aliphatic heterocycles. The van der Waals surface area contributed by atoms with Gasteiger partial charge in [-0.05, 0) is 82.7 Å². The van der Waals surface area contributed by atoms with Crippen molar-refractivity contribution in [3.05, 3.63) is 175 Å². The second-order valence-corrected chi connectivity index (χ2v) is 12.0. The van der Waals surface area contributed by atoms with Gasteiger partial charge in [0.2, 0.25) is 0 Å². The van der Waals surface area contributed by atoms with E-state index < -0.39 is 0 Å². The SMILES string of the molecule is [C-]#[N+]c1ccc2c(c1)c1ccccc1n2-c1cc(-c2ccccc2)ccc1-c1cccc(-n2c3ccccc3c3cc(C#N)ccc32)c1. The number of para-hydroxylation sites is 2. The van der Waals surface area contributed by atoms with E-state index in [1.807, 2.05) is 30.3 Å². The van der Waals surface area contributed by atoms with Crippen LogP contribution in [0.2, 0.25) is 0 Å². The van der Waals surface area contributed by atoms with Crippen molar-refractivity contribution in [2.75, 3.05) is 0 Å². The fourth-order valence-corrected chi connectivity index (χ4v) is 7.19. The van der Waals surface area contributed by atoms with E-state index >= 15 is 0 Å². The lowest BCUT2D eigenvalue weighted by atomic mass is 9.97. The normalized spacial score (nSPS) is 11.3. The molecule has 0 saturated heterocycles. The van der Waals surface area contributed by atoms with Crippen LogP contribution in [-0.4, -0.2) is 9.13 Å². The first-order valence-corrected chi connectivity index (χ1v) is 15.9. The van der Waals surface area contributed by atoms with Gasteiger partial charge < -0.3 is 9.13 Å². The molecule has 0 saturated carbocycles. The van der Waals surface area contributed by atoms with Gasteiger partial charge in [-0.2, -0.15) is 5.26 Å². The first-order valence-electron chi connectivity index (χ1n) is 15.9. The van der Waals surface area contributed by atoms with Crippen molar-refractivity contribution < 1.29 is 0 Å². The lowest BCUT2D eigenvalue weighted by molar-refractivity contribution is 1.17. The van der Waals surface area contributed by atoms with E-state index in [0.717, 1.165) is 77.2 Å². The Bertz CT molecular complexity index is 2800. The van der Waals surface area contributed by atoms with Gasteiger partial charge >= 0.3 is 0 Å². The zero-order valence-electron chi connectivity index (χ0n) is 25.8. The maximum Gasteiger partial charge on any atom is 0.188 e. The van der Waals surface area contributed by atoms with E-state index in [9.17, 15) is 5.26 Å². The van der Waals surface area contributed by atoms with Crippen molar-refractivity contribution in [3.8, 4) is 39.7 Å². The van der Waals surface area contributed by atoms with Crippen LogP contribution in [0.25, 0.3) is 82.1 Å². The van der Waals surface area contributed by atoms with Crippen LogP contribution in [0.3, 0.4) is 0 Å². The number of benzene rings is 7. The van der Waals surface area contributed by atoms with Crippen LogP contribution >= 0.6 is 0 Å². The molecule has 0 N–H and O–H groups in total. The molecule has 0 aliphatic rings. The minimum atomic E-state index is 0.629. The fraction of sp³-hybridized carbons (Fsp3) is 0. The fourth-order valence-electron chi connectivity index (χ4n) is 7.19. The predicted molar refractivity (Wildman–Crippen MR) is 197 cm³/mol. The molecular weight excluding hydrogens is 585 g/mol. The molecule has 0 aliphatic carbocycles. The molecule has 0 fully saturated rings. The van der Waals surface area contributed by atoms with Gasteiger partial charge in [0.1, 0.15) is 0 Å². The van der Waals surface area contributed by atoms with E-state index in [-0.39, 0.29) is 0 Å². The molecule has 9 aromatic rings. The number of hydrogen-bond donors (Lipinski definition) is 0. The summed E-state index contributed by atoms with van der Waals surface area (Å²) in [5, 5.41) is 14.0. The summed E-state index contributed by atoms with van der Waals surface area (Å²) in [6, 6.07) is 57.0. The highest BCUT2D eigenvalue weighted by molar-refractivity contribution is 6.11. The summed E-state index contributed by atoms with van der Waals surface area (Å²) < 4.78 is 4.64. The molecule has 9 rings (SSSR count). The first-order chi connectivity index (χ1) is 23.7. The highest BCUT2D eigenvalue weighted by Crippen LogP contribution is 2.40. The van der Waals surface area contributed by atoms with Crippen molar-refractivity contribution in [1.29, 1.82) is 5.26 Å². The Kier molecular flexibility index (Phi) is 6.22. The molecule has 2 heterocycles. The minimum absolute atomic E-state index is 0.629. The van der Waals surface area contributed by atoms with Gasteiger partial charge in [-0.25, -0.2) is 4.85 Å². The summed E-state index contributed by atoms with van der Waals surface area (Å²) in [7, 11) is 0. The van der Waals surface area contributed by atoms with Crippen molar-refractivity contribution in [1.82, 2.24) is 9.13 Å². The average Bonchev–Trinajstić information content (AvgIpc) is 3.67. The molecule has 0 radical (unpaired) electrons. The smallest absolute Gasteiger partial charge is 0.188 e. The zero-order valence-corrected chi connectivity index (χ0v) is 25.8. The summed E-state index contributed by atoms with van der Waals surface area (Å²) >= 11 is 0. The second kappa shape index (κ2) is 10.9. The predicted octanol–water partition coefficient (Wildman–Crippen LogP) is 11.6. The molecule has 222 valence electrons. The van der Waals surface area contributed by atoms with Crippen LogP contribution in [0.15, 0.2) is 158 Å². The first kappa shape index (κ1) is 27.4. The molecule has 0 bridgehead atoms. The highest BCUT2D eigenvalue weighted by atomic mass is 15.0. The van der Waals surface area contributed by atoms with Crippen LogP contribution in [0.1, 0.15) is 5.56 Å². The Morgan fingerprint density at radius 2 is 1.12 bits per heavy atom. The number of nitriles is 1. The molecule has 0 atom stereocenters. The standard InChI is InChI=1S/C44H26N4/c1-46-33-20-23-43-39(27-33)37-15-6-8-17-41(37)48(43)44-26-31(30-10-3-2-4-11-30)19-21-35(44)32-12-9-13-34(25-32)47-40-16-7-5-14-36(40)38-24-29(28-45)18-22-42(38)47/h2-27H. The quantitative estimate of drug-likeness (QED) is 0.183. The third kappa shape index (κ3) is 4.22. The van der Waals surface area contributed by atoms with E-state index in [2.05, 4.69) is 147 Å². The topological polar surface area (TPSA) is 38.0 Å². The maximum atomic E-state index is 9.64. The number of rotatable bonds is 4. The molecule has 48 heavy (non-hydrogen) atoms. The molecule has 7 aromatic carbocycles. The van der Waals surface area contributed by atoms with Gasteiger partial charge in [-0.1, -0.05) is 97.1 Å². The summed E-state index contributed by atoms with van der Waals surface area (Å²) in [4.78, 5) is 3.74. The maximum absolute atomic E-state index is 9.64. The minimum Gasteiger partial charge on any atom is -0.309 e. The van der Waals surface area contributed by atoms with E-state index in [1.165, 1.54) is 0 Å². The molecule has 0 spiro atoms. The molecule has 4 heteroatoms. The number of hydrogen-bond acceptors (Lipinski definition) is 1. The zero-order chi connectivity index (χ0) is 32.2. The average molecular weight is 611 g/mol. The van der Waals surface area contributed by atoms with Crippen molar-refractivity contribution in [2.45, 2.75) is 0 Å². The van der Waals surface area contributed by atoms with Gasteiger partial charge in [0, 0.05) is 27.4 Å². The van der Waals surface area contributed by atoms with Crippen LogP contribution in [0, 0.1) is 17.9 Å². The van der Waals surface area contributed by atoms with Gasteiger partial charge in [0.15, 0.2) is 5.69 Å². The van der Waals surface area contributed by atoms with Crippen LogP contribution in [-0.2, 0) is 0 Å². The molecule has 2 aromatic heterocycles. The Morgan fingerprint density at radius 3 is 1.90 bits per heavy atom. The van der Waals surface area contributed by atoms with Gasteiger partial charge in [0.25, 0.3) is 0 Å². The van der Waals surface area contributed by atoms with Crippen LogP contribution in [0.4, 0.5) is 5.69 Å². The summed E-state index contributed by atoms with van der Waals surface area (Å²) in [5.41, 5.74) is 12.2. The monoisotopic (exact) mass is 610 g/mol. The Labute approximate surface area is 277 Å². The third-order valence-corrected chi connectivity index (χ3v) is 9.35. The highest BCUT2D eigenvalue weighted by Gasteiger charge is 2.19. The van der Waals surface area contributed by atoms with Crippen LogP contribution < -0.4 is 0 Å². The molecule has 0 amide bonds. The van der Waals surface area contributed by atoms with Gasteiger partial charge in [-0.3, -0.25) is 0 Å². The summed E-state index contributed by atoms with van der Waals surface area (Å²) in [6.07, 6.45) is 0. The number of fused-ring (bicyclic) bond motifs is 6. The lowest BCUT2D eigenvalue weighted by Gasteiger charge is -2.17. The van der Waals surface area contributed by atoms with E-state index in [1.54, 1.807) is 0 Å². The lowest BCUT2D eigenvalue weighted by Crippen LogP contribution is -1.99. The van der Waals surface area contributed by atoms with Crippen LogP contribution in [0.5, 0.6) is 0 Å². The van der Waals surface area contributed by atoms with E-state index in [0.29, 0.717) is 11.3 Å². The Morgan fingerprint density at radius 1 is 0.479 bits per heavy atom. The van der Waals surface area contributed by atoms with Crippen molar-refractivity contribution in [2.24, 2.45) is 0 Å². The van der Waals surface area contributed by atoms with Crippen molar-refractivity contribution in [3.63, 3.8) is 0 Å². The van der Waals surface area contributed by atoms with Gasteiger partial charge in [0.05, 0.1) is 46.0 Å². The molecule has 0 unspecified atom stereocenters. The third-order valence-electron chi connectivity index (χ3n) is 9.35. The Balaban J connectivity index is 1.32. The largest absolute Gasteiger partial charge is 0.309 e. The Hall–Kier alpha value is -6.88. The van der Waals surface area contributed by atoms with Gasteiger partial charge in [-0.15, -0.1) is 0 Å². The second-order valence-electron chi connectivity index (χ2n) is 12.0. The van der Waals surface area contributed by atoms with E-state index in [4.69, 9.17) is 6.57 Å². The summed E-state index contributed by atoms with van der Waals surface area (Å²) in [6.45, 7) is 7.67. The van der Waals surface area contributed by atoms with Crippen molar-refractivity contribution >= 4 is 49.3 Å². The molecular formula is C44H26N4. The number of nitrogens with zero attached hydrogens (tertiary/aromatic N) is 4. The molecule has 4 nitrogen and oxygen atoms in total. The summed E-state index contributed by atoms with van der Waals surface area (Å²) in [5.74, 6) is 0.